The fourth-order valence-electron chi connectivity index (χ4n) is 2.32. The highest BCUT2D eigenvalue weighted by molar-refractivity contribution is 6.03. The van der Waals surface area contributed by atoms with Crippen molar-refractivity contribution < 1.29 is 4.79 Å². The summed E-state index contributed by atoms with van der Waals surface area (Å²) in [6.45, 7) is 1.95. The predicted octanol–water partition coefficient (Wildman–Crippen LogP) is 2.27. The van der Waals surface area contributed by atoms with E-state index in [9.17, 15) is 4.79 Å². The fraction of sp³-hybridized carbons (Fsp3) is 0.250. The Morgan fingerprint density at radius 1 is 1.33 bits per heavy atom. The predicted molar refractivity (Wildman–Crippen MR) is 60.4 cm³/mol. The van der Waals surface area contributed by atoms with Crippen LogP contribution in [0.2, 0.25) is 0 Å². The first-order valence-electron chi connectivity index (χ1n) is 5.22. The lowest BCUT2D eigenvalue weighted by Crippen LogP contribution is -2.17. The molecule has 0 radical (unpaired) electrons. The number of aldehydes is 1. The highest BCUT2D eigenvalue weighted by Crippen LogP contribution is 2.30. The largest absolute Gasteiger partial charge is 0.371 e. The molecule has 3 heteroatoms. The van der Waals surface area contributed by atoms with Crippen molar-refractivity contribution in [3.63, 3.8) is 0 Å². The fourth-order valence-corrected chi connectivity index (χ4v) is 2.32. The SMILES string of the molecule is O=Cc1c2n(c3ccccc13)CCCN2. The van der Waals surface area contributed by atoms with Gasteiger partial charge in [-0.3, -0.25) is 4.79 Å². The number of hydrogen-bond acceptors (Lipinski definition) is 2. The number of anilines is 1. The number of nitrogens with one attached hydrogen (secondary N) is 1. The molecule has 0 unspecified atom stereocenters. The normalized spacial score (nSPS) is 14.7. The number of carbonyl (C=O) groups is 1. The van der Waals surface area contributed by atoms with Gasteiger partial charge in [-0.1, -0.05) is 18.2 Å². The first-order valence-corrected chi connectivity index (χ1v) is 5.22. The Morgan fingerprint density at radius 3 is 3.07 bits per heavy atom. The molecule has 3 rings (SSSR count). The molecular formula is C12H12N2O. The van der Waals surface area contributed by atoms with Crippen LogP contribution < -0.4 is 5.32 Å². The highest BCUT2D eigenvalue weighted by Gasteiger charge is 2.18. The lowest BCUT2D eigenvalue weighted by Gasteiger charge is -2.18. The third-order valence-corrected chi connectivity index (χ3v) is 2.98. The number of para-hydroxylation sites is 1. The molecule has 1 aliphatic heterocycles. The van der Waals surface area contributed by atoms with Gasteiger partial charge in [0.2, 0.25) is 0 Å². The van der Waals surface area contributed by atoms with Crippen molar-refractivity contribution in [3.05, 3.63) is 29.8 Å². The topological polar surface area (TPSA) is 34.0 Å². The van der Waals surface area contributed by atoms with Crippen molar-refractivity contribution in [1.82, 2.24) is 4.57 Å². The highest BCUT2D eigenvalue weighted by atomic mass is 16.1. The summed E-state index contributed by atoms with van der Waals surface area (Å²) in [5.74, 6) is 0.984. The second-order valence-electron chi connectivity index (χ2n) is 3.83. The zero-order chi connectivity index (χ0) is 10.3. The van der Waals surface area contributed by atoms with Crippen molar-refractivity contribution in [2.24, 2.45) is 0 Å². The molecule has 3 nitrogen and oxygen atoms in total. The van der Waals surface area contributed by atoms with Crippen LogP contribution in [0.25, 0.3) is 10.9 Å². The average molecular weight is 200 g/mol. The molecule has 1 aliphatic rings. The number of aryl methyl sites for hydroxylation is 1. The summed E-state index contributed by atoms with van der Waals surface area (Å²) < 4.78 is 2.20. The van der Waals surface area contributed by atoms with Crippen molar-refractivity contribution in [2.75, 3.05) is 11.9 Å². The van der Waals surface area contributed by atoms with Gasteiger partial charge in [0, 0.05) is 18.5 Å². The van der Waals surface area contributed by atoms with Crippen LogP contribution >= 0.6 is 0 Å². The summed E-state index contributed by atoms with van der Waals surface area (Å²) in [5, 5.41) is 4.36. The molecule has 76 valence electrons. The number of fused-ring (bicyclic) bond motifs is 3. The van der Waals surface area contributed by atoms with Gasteiger partial charge >= 0.3 is 0 Å². The molecule has 1 aromatic heterocycles. The van der Waals surface area contributed by atoms with Crippen molar-refractivity contribution in [2.45, 2.75) is 13.0 Å². The first kappa shape index (κ1) is 8.53. The minimum atomic E-state index is 0.797. The molecule has 0 atom stereocenters. The molecule has 1 aromatic carbocycles. The molecule has 2 aromatic rings. The molecule has 0 fully saturated rings. The van der Waals surface area contributed by atoms with E-state index in [1.807, 2.05) is 18.2 Å². The minimum absolute atomic E-state index is 0.797. The van der Waals surface area contributed by atoms with E-state index in [0.29, 0.717) is 0 Å². The number of aromatic nitrogens is 1. The molecule has 15 heavy (non-hydrogen) atoms. The molecule has 0 bridgehead atoms. The Hall–Kier alpha value is -1.77. The summed E-state index contributed by atoms with van der Waals surface area (Å²) >= 11 is 0. The zero-order valence-electron chi connectivity index (χ0n) is 8.36. The minimum Gasteiger partial charge on any atom is -0.371 e. The smallest absolute Gasteiger partial charge is 0.154 e. The number of nitrogens with zero attached hydrogens (tertiary/aromatic N) is 1. The quantitative estimate of drug-likeness (QED) is 0.716. The van der Waals surface area contributed by atoms with Gasteiger partial charge < -0.3 is 9.88 Å². The summed E-state index contributed by atoms with van der Waals surface area (Å²) in [6, 6.07) is 8.06. The van der Waals surface area contributed by atoms with Gasteiger partial charge in [-0.15, -0.1) is 0 Å². The maximum Gasteiger partial charge on any atom is 0.154 e. The Kier molecular flexibility index (Phi) is 1.78. The molecule has 0 saturated carbocycles. The van der Waals surface area contributed by atoms with Crippen LogP contribution in [0, 0.1) is 0 Å². The molecule has 1 N–H and O–H groups in total. The van der Waals surface area contributed by atoms with E-state index in [1.54, 1.807) is 0 Å². The summed E-state index contributed by atoms with van der Waals surface area (Å²) in [5.41, 5.74) is 1.95. The number of hydrogen-bond donors (Lipinski definition) is 1. The molecular weight excluding hydrogens is 188 g/mol. The number of benzene rings is 1. The third-order valence-electron chi connectivity index (χ3n) is 2.98. The molecule has 2 heterocycles. The van der Waals surface area contributed by atoms with Crippen molar-refractivity contribution in [3.8, 4) is 0 Å². The van der Waals surface area contributed by atoms with Gasteiger partial charge in [0.1, 0.15) is 5.82 Å². The lowest BCUT2D eigenvalue weighted by molar-refractivity contribution is 0.112. The molecule has 0 aliphatic carbocycles. The third kappa shape index (κ3) is 1.09. The number of carbonyl (C=O) groups excluding carboxylic acids is 1. The standard InChI is InChI=1S/C12H12N2O/c15-8-10-9-4-1-2-5-11(9)14-7-3-6-13-12(10)14/h1-2,4-5,8,13H,3,6-7H2. The van der Waals surface area contributed by atoms with E-state index in [2.05, 4.69) is 16.0 Å². The Morgan fingerprint density at radius 2 is 2.20 bits per heavy atom. The molecule has 0 saturated heterocycles. The van der Waals surface area contributed by atoms with Gasteiger partial charge in [0.05, 0.1) is 11.1 Å². The van der Waals surface area contributed by atoms with Gasteiger partial charge in [-0.2, -0.15) is 0 Å². The maximum absolute atomic E-state index is 11.1. The van der Waals surface area contributed by atoms with Crippen LogP contribution in [0.5, 0.6) is 0 Å². The van der Waals surface area contributed by atoms with E-state index < -0.39 is 0 Å². The maximum atomic E-state index is 11.1. The van der Waals surface area contributed by atoms with E-state index in [-0.39, 0.29) is 0 Å². The van der Waals surface area contributed by atoms with E-state index in [1.165, 1.54) is 0 Å². The lowest BCUT2D eigenvalue weighted by atomic mass is 10.2. The second kappa shape index (κ2) is 3.12. The van der Waals surface area contributed by atoms with E-state index >= 15 is 0 Å². The monoisotopic (exact) mass is 200 g/mol. The summed E-state index contributed by atoms with van der Waals surface area (Å²) in [7, 11) is 0. The van der Waals surface area contributed by atoms with Crippen LogP contribution in [0.1, 0.15) is 16.8 Å². The number of rotatable bonds is 1. The molecule has 0 spiro atoms. The summed E-state index contributed by atoms with van der Waals surface area (Å²) in [6.07, 6.45) is 2.07. The average Bonchev–Trinajstić information content (AvgIpc) is 2.63. The van der Waals surface area contributed by atoms with Crippen LogP contribution in [0.3, 0.4) is 0 Å². The van der Waals surface area contributed by atoms with Crippen LogP contribution in [-0.4, -0.2) is 17.4 Å². The Balaban J connectivity index is 2.42. The van der Waals surface area contributed by atoms with E-state index in [0.717, 1.165) is 48.1 Å². The zero-order valence-corrected chi connectivity index (χ0v) is 8.36. The van der Waals surface area contributed by atoms with Crippen LogP contribution in [-0.2, 0) is 6.54 Å². The first-order chi connectivity index (χ1) is 7.42. The van der Waals surface area contributed by atoms with Crippen molar-refractivity contribution >= 4 is 23.0 Å². The second-order valence-corrected chi connectivity index (χ2v) is 3.83. The Labute approximate surface area is 87.7 Å². The summed E-state index contributed by atoms with van der Waals surface area (Å²) in [4.78, 5) is 11.1. The van der Waals surface area contributed by atoms with Gasteiger partial charge in [-0.05, 0) is 12.5 Å². The van der Waals surface area contributed by atoms with Gasteiger partial charge in [0.15, 0.2) is 6.29 Å². The van der Waals surface area contributed by atoms with Crippen molar-refractivity contribution in [1.29, 1.82) is 0 Å². The van der Waals surface area contributed by atoms with Crippen LogP contribution in [0.15, 0.2) is 24.3 Å². The van der Waals surface area contributed by atoms with Gasteiger partial charge in [-0.25, -0.2) is 0 Å². The van der Waals surface area contributed by atoms with E-state index in [4.69, 9.17) is 0 Å². The van der Waals surface area contributed by atoms with Crippen LogP contribution in [0.4, 0.5) is 5.82 Å². The molecule has 0 amide bonds. The van der Waals surface area contributed by atoms with Gasteiger partial charge in [0.25, 0.3) is 0 Å². The Bertz CT molecular complexity index is 528.